The number of anilines is 1. The van der Waals surface area contributed by atoms with E-state index in [2.05, 4.69) is 17.6 Å². The molecule has 1 amide bonds. The predicted octanol–water partition coefficient (Wildman–Crippen LogP) is 3.83. The standard InChI is InChI=1S/C17H26N2OS/c1-4-18-14-10-9-12(3)11-13(14)17(20)19-15-7-6-8-16(15)21-5-2/h9-11,15-16,18H,4-8H2,1-3H3,(H,19,20). The maximum Gasteiger partial charge on any atom is 0.253 e. The Kier molecular flexibility index (Phi) is 5.97. The molecule has 2 atom stereocenters. The third kappa shape index (κ3) is 4.16. The molecular weight excluding hydrogens is 280 g/mol. The summed E-state index contributed by atoms with van der Waals surface area (Å²) < 4.78 is 0. The van der Waals surface area contributed by atoms with E-state index in [4.69, 9.17) is 0 Å². The molecule has 1 aliphatic rings. The molecule has 1 aliphatic carbocycles. The summed E-state index contributed by atoms with van der Waals surface area (Å²) in [7, 11) is 0. The van der Waals surface area contributed by atoms with Crippen molar-refractivity contribution in [3.63, 3.8) is 0 Å². The summed E-state index contributed by atoms with van der Waals surface area (Å²) in [6.45, 7) is 7.08. The second-order valence-corrected chi connectivity index (χ2v) is 7.10. The van der Waals surface area contributed by atoms with Crippen molar-refractivity contribution < 1.29 is 4.79 Å². The van der Waals surface area contributed by atoms with Crippen LogP contribution in [0.4, 0.5) is 5.69 Å². The van der Waals surface area contributed by atoms with E-state index < -0.39 is 0 Å². The van der Waals surface area contributed by atoms with E-state index in [0.29, 0.717) is 11.3 Å². The van der Waals surface area contributed by atoms with Gasteiger partial charge in [-0.2, -0.15) is 11.8 Å². The lowest BCUT2D eigenvalue weighted by atomic mass is 10.1. The minimum atomic E-state index is 0.0586. The van der Waals surface area contributed by atoms with E-state index in [9.17, 15) is 4.79 Å². The fourth-order valence-corrected chi connectivity index (χ4v) is 4.14. The Bertz CT molecular complexity index is 490. The van der Waals surface area contributed by atoms with Gasteiger partial charge in [-0.25, -0.2) is 0 Å². The van der Waals surface area contributed by atoms with Crippen LogP contribution in [0.15, 0.2) is 18.2 Å². The summed E-state index contributed by atoms with van der Waals surface area (Å²) >= 11 is 1.97. The highest BCUT2D eigenvalue weighted by molar-refractivity contribution is 7.99. The van der Waals surface area contributed by atoms with Crippen LogP contribution in [0.3, 0.4) is 0 Å². The Hall–Kier alpha value is -1.16. The normalized spacial score (nSPS) is 21.3. The Labute approximate surface area is 132 Å². The van der Waals surface area contributed by atoms with Crippen molar-refractivity contribution in [1.29, 1.82) is 0 Å². The van der Waals surface area contributed by atoms with Gasteiger partial charge in [-0.05, 0) is 44.6 Å². The van der Waals surface area contributed by atoms with Crippen molar-refractivity contribution >= 4 is 23.4 Å². The molecule has 0 radical (unpaired) electrons. The van der Waals surface area contributed by atoms with Crippen LogP contribution in [-0.2, 0) is 0 Å². The fourth-order valence-electron chi connectivity index (χ4n) is 2.94. The van der Waals surface area contributed by atoms with Crippen molar-refractivity contribution in [3.8, 4) is 0 Å². The van der Waals surface area contributed by atoms with E-state index in [-0.39, 0.29) is 5.91 Å². The highest BCUT2D eigenvalue weighted by Crippen LogP contribution is 2.30. The second kappa shape index (κ2) is 7.74. The molecule has 2 rings (SSSR count). The van der Waals surface area contributed by atoms with Crippen LogP contribution in [0.2, 0.25) is 0 Å². The molecule has 1 aromatic carbocycles. The number of nitrogens with one attached hydrogen (secondary N) is 2. The number of thioether (sulfide) groups is 1. The van der Waals surface area contributed by atoms with Gasteiger partial charge in [-0.3, -0.25) is 4.79 Å². The van der Waals surface area contributed by atoms with E-state index in [1.807, 2.05) is 43.8 Å². The summed E-state index contributed by atoms with van der Waals surface area (Å²) in [5.74, 6) is 1.17. The Morgan fingerprint density at radius 3 is 2.86 bits per heavy atom. The van der Waals surface area contributed by atoms with E-state index in [1.165, 1.54) is 12.8 Å². The van der Waals surface area contributed by atoms with Gasteiger partial charge in [0, 0.05) is 23.5 Å². The zero-order valence-corrected chi connectivity index (χ0v) is 14.1. The molecule has 21 heavy (non-hydrogen) atoms. The quantitative estimate of drug-likeness (QED) is 0.839. The largest absolute Gasteiger partial charge is 0.385 e. The third-order valence-corrected chi connectivity index (χ3v) is 5.26. The number of benzene rings is 1. The monoisotopic (exact) mass is 306 g/mol. The first-order chi connectivity index (χ1) is 10.2. The maximum atomic E-state index is 12.6. The zero-order chi connectivity index (χ0) is 15.2. The first-order valence-corrected chi connectivity index (χ1v) is 8.97. The third-order valence-electron chi connectivity index (χ3n) is 3.94. The number of rotatable bonds is 6. The summed E-state index contributed by atoms with van der Waals surface area (Å²) in [4.78, 5) is 12.6. The predicted molar refractivity (Wildman–Crippen MR) is 92.4 cm³/mol. The van der Waals surface area contributed by atoms with Crippen molar-refractivity contribution in [2.24, 2.45) is 0 Å². The van der Waals surface area contributed by atoms with Crippen LogP contribution < -0.4 is 10.6 Å². The van der Waals surface area contributed by atoms with Gasteiger partial charge in [-0.15, -0.1) is 0 Å². The lowest BCUT2D eigenvalue weighted by Gasteiger charge is -2.21. The average molecular weight is 306 g/mol. The van der Waals surface area contributed by atoms with Crippen LogP contribution in [0.25, 0.3) is 0 Å². The van der Waals surface area contributed by atoms with Gasteiger partial charge in [0.1, 0.15) is 0 Å². The summed E-state index contributed by atoms with van der Waals surface area (Å²) in [5.41, 5.74) is 2.81. The summed E-state index contributed by atoms with van der Waals surface area (Å²) in [6.07, 6.45) is 3.54. The molecule has 0 aromatic heterocycles. The zero-order valence-electron chi connectivity index (χ0n) is 13.2. The molecule has 116 valence electrons. The van der Waals surface area contributed by atoms with E-state index in [0.717, 1.165) is 35.5 Å². The number of amides is 1. The minimum absolute atomic E-state index is 0.0586. The van der Waals surface area contributed by atoms with Crippen LogP contribution in [-0.4, -0.2) is 29.5 Å². The highest BCUT2D eigenvalue weighted by Gasteiger charge is 2.29. The van der Waals surface area contributed by atoms with Gasteiger partial charge < -0.3 is 10.6 Å². The number of hydrogen-bond donors (Lipinski definition) is 2. The van der Waals surface area contributed by atoms with Crippen molar-refractivity contribution in [1.82, 2.24) is 5.32 Å². The first kappa shape index (κ1) is 16.2. The van der Waals surface area contributed by atoms with Gasteiger partial charge in [0.2, 0.25) is 0 Å². The topological polar surface area (TPSA) is 41.1 Å². The van der Waals surface area contributed by atoms with Crippen LogP contribution in [0, 0.1) is 6.92 Å². The number of carbonyl (C=O) groups excluding carboxylic acids is 1. The summed E-state index contributed by atoms with van der Waals surface area (Å²) in [6, 6.07) is 6.34. The number of hydrogen-bond acceptors (Lipinski definition) is 3. The lowest BCUT2D eigenvalue weighted by molar-refractivity contribution is 0.0939. The first-order valence-electron chi connectivity index (χ1n) is 7.92. The molecule has 1 fully saturated rings. The fraction of sp³-hybridized carbons (Fsp3) is 0.588. The minimum Gasteiger partial charge on any atom is -0.385 e. The van der Waals surface area contributed by atoms with Gasteiger partial charge >= 0.3 is 0 Å². The average Bonchev–Trinajstić information content (AvgIpc) is 2.89. The molecule has 0 spiro atoms. The molecule has 0 saturated heterocycles. The second-order valence-electron chi connectivity index (χ2n) is 5.58. The van der Waals surface area contributed by atoms with Gasteiger partial charge in [-0.1, -0.05) is 25.0 Å². The van der Waals surface area contributed by atoms with Gasteiger partial charge in [0.25, 0.3) is 5.91 Å². The molecule has 0 bridgehead atoms. The van der Waals surface area contributed by atoms with Gasteiger partial charge in [0.05, 0.1) is 5.56 Å². The maximum absolute atomic E-state index is 12.6. The van der Waals surface area contributed by atoms with Crippen molar-refractivity contribution in [2.45, 2.75) is 51.3 Å². The molecule has 2 unspecified atom stereocenters. The van der Waals surface area contributed by atoms with Crippen molar-refractivity contribution in [3.05, 3.63) is 29.3 Å². The Morgan fingerprint density at radius 1 is 1.33 bits per heavy atom. The number of carbonyl (C=O) groups is 1. The van der Waals surface area contributed by atoms with Crippen molar-refractivity contribution in [2.75, 3.05) is 17.6 Å². The molecule has 4 heteroatoms. The molecular formula is C17H26N2OS. The summed E-state index contributed by atoms with van der Waals surface area (Å²) in [5, 5.41) is 7.11. The molecule has 3 nitrogen and oxygen atoms in total. The van der Waals surface area contributed by atoms with Crippen LogP contribution in [0.1, 0.15) is 49.0 Å². The Balaban J connectivity index is 2.10. The smallest absolute Gasteiger partial charge is 0.253 e. The molecule has 0 aliphatic heterocycles. The molecule has 1 aromatic rings. The van der Waals surface area contributed by atoms with Gasteiger partial charge in [0.15, 0.2) is 0 Å². The SMILES string of the molecule is CCNc1ccc(C)cc1C(=O)NC1CCCC1SCC. The van der Waals surface area contributed by atoms with Crippen LogP contribution in [0.5, 0.6) is 0 Å². The molecule has 0 heterocycles. The molecule has 2 N–H and O–H groups in total. The Morgan fingerprint density at radius 2 is 2.14 bits per heavy atom. The molecule has 1 saturated carbocycles. The number of aryl methyl sites for hydroxylation is 1. The lowest BCUT2D eigenvalue weighted by Crippen LogP contribution is -2.39. The van der Waals surface area contributed by atoms with E-state index in [1.54, 1.807) is 0 Å². The van der Waals surface area contributed by atoms with Crippen LogP contribution >= 0.6 is 11.8 Å². The highest BCUT2D eigenvalue weighted by atomic mass is 32.2. The van der Waals surface area contributed by atoms with E-state index >= 15 is 0 Å².